The minimum absolute atomic E-state index is 0.0659. The summed E-state index contributed by atoms with van der Waals surface area (Å²) in [4.78, 5) is 0. The van der Waals surface area contributed by atoms with E-state index in [9.17, 15) is 4.39 Å². The van der Waals surface area contributed by atoms with Crippen LogP contribution in [-0.2, 0) is 4.74 Å². The molecule has 0 aliphatic carbocycles. The van der Waals surface area contributed by atoms with E-state index >= 15 is 0 Å². The van der Waals surface area contributed by atoms with Gasteiger partial charge in [0.2, 0.25) is 0 Å². The van der Waals surface area contributed by atoms with Gasteiger partial charge in [-0.2, -0.15) is 0 Å². The molecular weight excluding hydrogens is 231 g/mol. The number of hydrazine groups is 1. The van der Waals surface area contributed by atoms with Crippen molar-refractivity contribution in [1.82, 2.24) is 5.43 Å². The van der Waals surface area contributed by atoms with Crippen LogP contribution < -0.4 is 11.3 Å². The fourth-order valence-corrected chi connectivity index (χ4v) is 2.43. The summed E-state index contributed by atoms with van der Waals surface area (Å²) in [5, 5.41) is 0. The van der Waals surface area contributed by atoms with Crippen LogP contribution in [0.5, 0.6) is 0 Å². The Kier molecular flexibility index (Phi) is 5.11. The maximum Gasteiger partial charge on any atom is 0.123 e. The van der Waals surface area contributed by atoms with Crippen molar-refractivity contribution in [1.29, 1.82) is 0 Å². The van der Waals surface area contributed by atoms with E-state index in [1.54, 1.807) is 12.1 Å². The monoisotopic (exact) mass is 252 g/mol. The third kappa shape index (κ3) is 3.77. The van der Waals surface area contributed by atoms with Crippen molar-refractivity contribution in [3.05, 3.63) is 35.6 Å². The minimum Gasteiger partial charge on any atom is -0.378 e. The van der Waals surface area contributed by atoms with Crippen molar-refractivity contribution in [2.24, 2.45) is 5.84 Å². The van der Waals surface area contributed by atoms with E-state index in [0.717, 1.165) is 31.4 Å². The molecule has 3 N–H and O–H groups in total. The van der Waals surface area contributed by atoms with Crippen LogP contribution in [0.3, 0.4) is 0 Å². The van der Waals surface area contributed by atoms with Crippen LogP contribution in [0.1, 0.15) is 43.7 Å². The zero-order chi connectivity index (χ0) is 12.8. The number of hydrogen-bond donors (Lipinski definition) is 2. The number of nitrogens with one attached hydrogen (secondary N) is 1. The van der Waals surface area contributed by atoms with Crippen LogP contribution in [0, 0.1) is 5.82 Å². The Morgan fingerprint density at radius 1 is 1.33 bits per heavy atom. The van der Waals surface area contributed by atoms with E-state index in [4.69, 9.17) is 10.6 Å². The Balaban J connectivity index is 1.86. The molecule has 18 heavy (non-hydrogen) atoms. The van der Waals surface area contributed by atoms with Crippen LogP contribution in [0.15, 0.2) is 24.3 Å². The van der Waals surface area contributed by atoms with Gasteiger partial charge in [-0.05, 0) is 49.8 Å². The lowest BCUT2D eigenvalue weighted by Gasteiger charge is -2.24. The van der Waals surface area contributed by atoms with Gasteiger partial charge in [0.25, 0.3) is 0 Å². The predicted octanol–water partition coefficient (Wildman–Crippen LogP) is 2.68. The van der Waals surface area contributed by atoms with Crippen molar-refractivity contribution in [2.75, 3.05) is 6.61 Å². The molecule has 1 aliphatic rings. The van der Waals surface area contributed by atoms with Gasteiger partial charge in [0.05, 0.1) is 6.10 Å². The van der Waals surface area contributed by atoms with Gasteiger partial charge in [-0.25, -0.2) is 4.39 Å². The largest absolute Gasteiger partial charge is 0.378 e. The average molecular weight is 252 g/mol. The summed E-state index contributed by atoms with van der Waals surface area (Å²) in [6, 6.07) is 6.56. The summed E-state index contributed by atoms with van der Waals surface area (Å²) in [5.74, 6) is 5.36. The molecular formula is C14H21FN2O. The zero-order valence-corrected chi connectivity index (χ0v) is 10.6. The van der Waals surface area contributed by atoms with E-state index in [0.29, 0.717) is 6.10 Å². The molecule has 4 heteroatoms. The molecule has 2 rings (SSSR count). The first kappa shape index (κ1) is 13.5. The van der Waals surface area contributed by atoms with E-state index < -0.39 is 0 Å². The second-order valence-electron chi connectivity index (χ2n) is 4.84. The molecule has 2 atom stereocenters. The third-order valence-corrected chi connectivity index (χ3v) is 3.52. The Bertz CT molecular complexity index is 349. The molecule has 0 radical (unpaired) electrons. The summed E-state index contributed by atoms with van der Waals surface area (Å²) in [5.41, 5.74) is 3.82. The molecule has 1 fully saturated rings. The standard InChI is InChI=1S/C14H21FN2O/c15-12-6-4-11(5-7-12)14(17-16)9-8-13-3-1-2-10-18-13/h4-7,13-14,17H,1-3,8-10,16H2. The molecule has 0 spiro atoms. The van der Waals surface area contributed by atoms with Crippen molar-refractivity contribution >= 4 is 0 Å². The molecule has 3 nitrogen and oxygen atoms in total. The Morgan fingerprint density at radius 2 is 2.11 bits per heavy atom. The van der Waals surface area contributed by atoms with Gasteiger partial charge in [-0.3, -0.25) is 11.3 Å². The van der Waals surface area contributed by atoms with Crippen molar-refractivity contribution < 1.29 is 9.13 Å². The topological polar surface area (TPSA) is 47.3 Å². The molecule has 2 unspecified atom stereocenters. The van der Waals surface area contributed by atoms with Gasteiger partial charge >= 0.3 is 0 Å². The highest BCUT2D eigenvalue weighted by atomic mass is 19.1. The van der Waals surface area contributed by atoms with Crippen LogP contribution in [0.4, 0.5) is 4.39 Å². The van der Waals surface area contributed by atoms with Gasteiger partial charge < -0.3 is 4.74 Å². The Morgan fingerprint density at radius 3 is 2.72 bits per heavy atom. The number of benzene rings is 1. The highest BCUT2D eigenvalue weighted by molar-refractivity contribution is 5.19. The van der Waals surface area contributed by atoms with Crippen LogP contribution >= 0.6 is 0 Å². The molecule has 1 heterocycles. The van der Waals surface area contributed by atoms with Crippen LogP contribution in [-0.4, -0.2) is 12.7 Å². The van der Waals surface area contributed by atoms with Gasteiger partial charge in [0, 0.05) is 12.6 Å². The molecule has 100 valence electrons. The van der Waals surface area contributed by atoms with Crippen molar-refractivity contribution in [2.45, 2.75) is 44.2 Å². The summed E-state index contributed by atoms with van der Waals surface area (Å²) in [7, 11) is 0. The van der Waals surface area contributed by atoms with Crippen LogP contribution in [0.2, 0.25) is 0 Å². The van der Waals surface area contributed by atoms with Crippen molar-refractivity contribution in [3.63, 3.8) is 0 Å². The first-order valence-electron chi connectivity index (χ1n) is 6.63. The second kappa shape index (κ2) is 6.83. The maximum atomic E-state index is 12.9. The molecule has 1 aromatic carbocycles. The maximum absolute atomic E-state index is 12.9. The molecule has 0 bridgehead atoms. The highest BCUT2D eigenvalue weighted by Crippen LogP contribution is 2.23. The Labute approximate surface area is 107 Å². The highest BCUT2D eigenvalue weighted by Gasteiger charge is 2.17. The normalized spacial score (nSPS) is 21.8. The van der Waals surface area contributed by atoms with E-state index in [-0.39, 0.29) is 11.9 Å². The van der Waals surface area contributed by atoms with E-state index in [2.05, 4.69) is 5.43 Å². The van der Waals surface area contributed by atoms with Crippen molar-refractivity contribution in [3.8, 4) is 0 Å². The number of hydrogen-bond acceptors (Lipinski definition) is 3. The lowest BCUT2D eigenvalue weighted by atomic mass is 9.98. The number of halogens is 1. The molecule has 1 aliphatic heterocycles. The average Bonchev–Trinajstić information content (AvgIpc) is 2.42. The fourth-order valence-electron chi connectivity index (χ4n) is 2.43. The minimum atomic E-state index is -0.217. The summed E-state index contributed by atoms with van der Waals surface area (Å²) >= 11 is 0. The first-order valence-corrected chi connectivity index (χ1v) is 6.63. The number of ether oxygens (including phenoxy) is 1. The molecule has 1 aromatic rings. The lowest BCUT2D eigenvalue weighted by molar-refractivity contribution is 0.00854. The van der Waals surface area contributed by atoms with Gasteiger partial charge in [-0.1, -0.05) is 12.1 Å². The second-order valence-corrected chi connectivity index (χ2v) is 4.84. The van der Waals surface area contributed by atoms with Gasteiger partial charge in [0.1, 0.15) is 5.82 Å². The predicted molar refractivity (Wildman–Crippen MR) is 69.3 cm³/mol. The van der Waals surface area contributed by atoms with Gasteiger partial charge in [0.15, 0.2) is 0 Å². The molecule has 0 amide bonds. The summed E-state index contributed by atoms with van der Waals surface area (Å²) < 4.78 is 18.6. The quantitative estimate of drug-likeness (QED) is 0.625. The smallest absolute Gasteiger partial charge is 0.123 e. The third-order valence-electron chi connectivity index (χ3n) is 3.52. The van der Waals surface area contributed by atoms with Gasteiger partial charge in [-0.15, -0.1) is 0 Å². The SMILES string of the molecule is NNC(CCC1CCCCO1)c1ccc(F)cc1. The molecule has 0 saturated carbocycles. The fraction of sp³-hybridized carbons (Fsp3) is 0.571. The number of nitrogens with two attached hydrogens (primary N) is 1. The summed E-state index contributed by atoms with van der Waals surface area (Å²) in [6.45, 7) is 0.877. The first-order chi connectivity index (χ1) is 8.79. The van der Waals surface area contributed by atoms with E-state index in [1.807, 2.05) is 0 Å². The lowest BCUT2D eigenvalue weighted by Crippen LogP contribution is -2.29. The Hall–Kier alpha value is -0.970. The van der Waals surface area contributed by atoms with E-state index in [1.165, 1.54) is 25.0 Å². The number of rotatable bonds is 5. The summed E-state index contributed by atoms with van der Waals surface area (Å²) in [6.07, 6.45) is 5.82. The molecule has 1 saturated heterocycles. The molecule has 0 aromatic heterocycles. The van der Waals surface area contributed by atoms with Crippen LogP contribution in [0.25, 0.3) is 0 Å². The zero-order valence-electron chi connectivity index (χ0n) is 10.6.